The standard InChI is InChI=1S/C34H35F3N4O6S/c1-32(2,3)47-29(42)21-45-16-6-7-17-46-26-14-10-23(11-15-26)22-8-12-24(13-9-22)41-31(48-44)40(30(43)33(41,4)5)25-18-27(34(35,36)37)28(19-38)39-20-25/h8-15,18,20H,6-7,16-17,21H2,1-5H3. The van der Waals surface area contributed by atoms with Gasteiger partial charge in [0.25, 0.3) is 5.91 Å². The van der Waals surface area contributed by atoms with Crippen LogP contribution in [0.1, 0.15) is 58.7 Å². The minimum absolute atomic E-state index is 0.0316. The molecule has 1 saturated heterocycles. The largest absolute Gasteiger partial charge is 0.494 e. The van der Waals surface area contributed by atoms with Crippen LogP contribution in [-0.2, 0) is 36.5 Å². The number of rotatable bonds is 11. The highest BCUT2D eigenvalue weighted by atomic mass is 32.1. The van der Waals surface area contributed by atoms with E-state index in [2.05, 4.69) is 4.98 Å². The van der Waals surface area contributed by atoms with Crippen LogP contribution in [0.2, 0.25) is 0 Å². The van der Waals surface area contributed by atoms with E-state index in [0.29, 0.717) is 37.1 Å². The predicted octanol–water partition coefficient (Wildman–Crippen LogP) is 6.09. The highest BCUT2D eigenvalue weighted by Crippen LogP contribution is 2.39. The molecule has 0 atom stereocenters. The smallest absolute Gasteiger partial charge is 0.419 e. The lowest BCUT2D eigenvalue weighted by atomic mass is 10.0. The Balaban J connectivity index is 1.39. The quantitative estimate of drug-likeness (QED) is 0.134. The van der Waals surface area contributed by atoms with Gasteiger partial charge in [-0.2, -0.15) is 18.4 Å². The van der Waals surface area contributed by atoms with E-state index in [-0.39, 0.29) is 28.7 Å². The molecule has 14 heteroatoms. The van der Waals surface area contributed by atoms with Gasteiger partial charge in [-0.3, -0.25) is 9.69 Å². The molecule has 3 aromatic rings. The van der Waals surface area contributed by atoms with Gasteiger partial charge in [-0.15, -0.1) is 0 Å². The molecule has 0 bridgehead atoms. The number of alkyl halides is 3. The Kier molecular flexibility index (Phi) is 11.0. The van der Waals surface area contributed by atoms with Crippen molar-refractivity contribution in [3.05, 3.63) is 72.1 Å². The van der Waals surface area contributed by atoms with Crippen molar-refractivity contribution in [1.82, 2.24) is 4.98 Å². The minimum Gasteiger partial charge on any atom is -0.494 e. The van der Waals surface area contributed by atoms with Gasteiger partial charge in [-0.05, 0) is 88.9 Å². The molecule has 1 aliphatic rings. The van der Waals surface area contributed by atoms with E-state index in [0.717, 1.165) is 28.6 Å². The first-order chi connectivity index (χ1) is 22.6. The van der Waals surface area contributed by atoms with Gasteiger partial charge >= 0.3 is 12.1 Å². The predicted molar refractivity (Wildman–Crippen MR) is 174 cm³/mol. The fraction of sp³-hybridized carbons (Fsp3) is 0.382. The summed E-state index contributed by atoms with van der Waals surface area (Å²) >= 11 is -0.0316. The lowest BCUT2D eigenvalue weighted by Gasteiger charge is -2.29. The molecule has 0 spiro atoms. The minimum atomic E-state index is -4.89. The number of benzene rings is 2. The Morgan fingerprint density at radius 2 is 1.58 bits per heavy atom. The maximum Gasteiger partial charge on any atom is 0.419 e. The molecule has 1 aromatic heterocycles. The number of ether oxygens (including phenoxy) is 3. The molecule has 0 saturated carbocycles. The van der Waals surface area contributed by atoms with Crippen LogP contribution >= 0.6 is 0 Å². The highest BCUT2D eigenvalue weighted by Gasteiger charge is 2.51. The SMILES string of the molecule is CC(C)(C)OC(=O)COCCCCOc1ccc(-c2ccc(N3C(=S=O)N(c4cnc(C#N)c(C(F)(F)F)c4)C(=O)C3(C)C)cc2)cc1. The van der Waals surface area contributed by atoms with Crippen molar-refractivity contribution in [2.24, 2.45) is 0 Å². The molecule has 0 unspecified atom stereocenters. The van der Waals surface area contributed by atoms with Crippen molar-refractivity contribution in [2.75, 3.05) is 29.6 Å². The lowest BCUT2D eigenvalue weighted by molar-refractivity contribution is -0.160. The number of unbranched alkanes of at least 4 members (excludes halogenated alkanes) is 1. The fourth-order valence-electron chi connectivity index (χ4n) is 4.98. The zero-order valence-electron chi connectivity index (χ0n) is 27.1. The number of nitriles is 1. The van der Waals surface area contributed by atoms with E-state index in [1.807, 2.05) is 36.4 Å². The third kappa shape index (κ3) is 8.39. The van der Waals surface area contributed by atoms with Gasteiger partial charge < -0.3 is 19.1 Å². The van der Waals surface area contributed by atoms with Gasteiger partial charge in [0, 0.05) is 12.3 Å². The summed E-state index contributed by atoms with van der Waals surface area (Å²) in [5.74, 6) is -0.350. The number of hydrogen-bond donors (Lipinski definition) is 0. The number of halogens is 3. The van der Waals surface area contributed by atoms with Crippen molar-refractivity contribution < 1.29 is 41.2 Å². The summed E-state index contributed by atoms with van der Waals surface area (Å²) in [6, 6.07) is 16.6. The van der Waals surface area contributed by atoms with Gasteiger partial charge in [0.05, 0.1) is 24.1 Å². The number of hydrogen-bond acceptors (Lipinski definition) is 8. The monoisotopic (exact) mass is 684 g/mol. The molecule has 0 aliphatic carbocycles. The van der Waals surface area contributed by atoms with E-state index < -0.39 is 40.5 Å². The van der Waals surface area contributed by atoms with E-state index in [1.54, 1.807) is 46.8 Å². The zero-order valence-corrected chi connectivity index (χ0v) is 27.9. The second kappa shape index (κ2) is 14.6. The Bertz CT molecular complexity index is 1740. The summed E-state index contributed by atoms with van der Waals surface area (Å²) in [5.41, 5.74) is -2.08. The molecule has 1 aliphatic heterocycles. The van der Waals surface area contributed by atoms with Crippen LogP contribution in [0.3, 0.4) is 0 Å². The molecule has 1 fully saturated rings. The molecular formula is C34H35F3N4O6S. The number of pyridine rings is 1. The Morgan fingerprint density at radius 1 is 0.979 bits per heavy atom. The van der Waals surface area contributed by atoms with Crippen LogP contribution in [0, 0.1) is 11.3 Å². The molecule has 10 nitrogen and oxygen atoms in total. The average molecular weight is 685 g/mol. The third-order valence-electron chi connectivity index (χ3n) is 7.19. The topological polar surface area (TPSA) is 122 Å². The first-order valence-corrected chi connectivity index (χ1v) is 15.7. The first-order valence-electron chi connectivity index (χ1n) is 15.0. The molecule has 48 heavy (non-hydrogen) atoms. The van der Waals surface area contributed by atoms with Gasteiger partial charge in [0.15, 0.2) is 5.69 Å². The Labute approximate surface area is 280 Å². The summed E-state index contributed by atoms with van der Waals surface area (Å²) < 4.78 is 69.6. The van der Waals surface area contributed by atoms with Crippen LogP contribution in [0.4, 0.5) is 24.5 Å². The summed E-state index contributed by atoms with van der Waals surface area (Å²) in [5, 5.41) is 8.96. The number of esters is 1. The molecular weight excluding hydrogens is 649 g/mol. The molecule has 1 amide bonds. The van der Waals surface area contributed by atoms with E-state index in [1.165, 1.54) is 11.0 Å². The van der Waals surface area contributed by atoms with E-state index in [4.69, 9.17) is 19.5 Å². The van der Waals surface area contributed by atoms with Crippen molar-refractivity contribution in [2.45, 2.75) is 64.8 Å². The zero-order chi connectivity index (χ0) is 35.3. The molecule has 0 N–H and O–H groups in total. The van der Waals surface area contributed by atoms with Crippen LogP contribution in [-0.4, -0.2) is 57.1 Å². The highest BCUT2D eigenvalue weighted by molar-refractivity contribution is 7.67. The second-order valence-electron chi connectivity index (χ2n) is 12.4. The number of aromatic nitrogens is 1. The molecule has 2 heterocycles. The summed E-state index contributed by atoms with van der Waals surface area (Å²) in [6.07, 6.45) is -2.47. The molecule has 4 rings (SSSR count). The first kappa shape index (κ1) is 36.1. The number of carbonyl (C=O) groups excluding carboxylic acids is 2. The maximum absolute atomic E-state index is 13.6. The van der Waals surface area contributed by atoms with Crippen LogP contribution < -0.4 is 14.5 Å². The van der Waals surface area contributed by atoms with Gasteiger partial charge in [-0.1, -0.05) is 24.3 Å². The number of amides is 1. The lowest BCUT2D eigenvalue weighted by Crippen LogP contribution is -2.44. The number of nitrogens with zero attached hydrogens (tertiary/aromatic N) is 4. The van der Waals surface area contributed by atoms with Gasteiger partial charge in [-0.25, -0.2) is 14.0 Å². The van der Waals surface area contributed by atoms with Gasteiger partial charge in [0.2, 0.25) is 5.11 Å². The van der Waals surface area contributed by atoms with Crippen molar-refractivity contribution in [3.63, 3.8) is 0 Å². The Morgan fingerprint density at radius 3 is 2.15 bits per heavy atom. The second-order valence-corrected chi connectivity index (χ2v) is 12.9. The van der Waals surface area contributed by atoms with E-state index >= 15 is 0 Å². The van der Waals surface area contributed by atoms with Crippen LogP contribution in [0.15, 0.2) is 60.8 Å². The number of carbonyl (C=O) groups is 2. The summed E-state index contributed by atoms with van der Waals surface area (Å²) in [7, 11) is 0. The Hall–Kier alpha value is -4.74. The fourth-order valence-corrected chi connectivity index (χ4v) is 5.65. The number of anilines is 2. The summed E-state index contributed by atoms with van der Waals surface area (Å²) in [4.78, 5) is 31.2. The molecule has 254 valence electrons. The van der Waals surface area contributed by atoms with E-state index in [9.17, 15) is 27.0 Å². The average Bonchev–Trinajstić information content (AvgIpc) is 3.23. The van der Waals surface area contributed by atoms with Crippen LogP contribution in [0.25, 0.3) is 11.1 Å². The van der Waals surface area contributed by atoms with Gasteiger partial charge in [0.1, 0.15) is 40.8 Å². The van der Waals surface area contributed by atoms with Crippen molar-refractivity contribution in [3.8, 4) is 22.9 Å². The van der Waals surface area contributed by atoms with Crippen LogP contribution in [0.5, 0.6) is 5.75 Å². The third-order valence-corrected chi connectivity index (χ3v) is 7.70. The maximum atomic E-state index is 13.6. The molecule has 2 aromatic carbocycles. The molecule has 0 radical (unpaired) electrons. The normalized spacial score (nSPS) is 14.6. The van der Waals surface area contributed by atoms with Crippen molar-refractivity contribution >= 4 is 39.6 Å². The summed E-state index contributed by atoms with van der Waals surface area (Å²) in [6.45, 7) is 9.32. The van der Waals surface area contributed by atoms with Crippen molar-refractivity contribution in [1.29, 1.82) is 5.26 Å².